The van der Waals surface area contributed by atoms with Crippen LogP contribution in [0.1, 0.15) is 54.1 Å². The lowest BCUT2D eigenvalue weighted by molar-refractivity contribution is 0.0616. The van der Waals surface area contributed by atoms with Gasteiger partial charge < -0.3 is 14.6 Å². The van der Waals surface area contributed by atoms with E-state index in [1.807, 2.05) is 53.7 Å². The zero-order valence-electron chi connectivity index (χ0n) is 17.4. The molecule has 2 aromatic rings. The molecule has 150 valence electrons. The molecule has 5 heteroatoms. The maximum atomic E-state index is 11.3. The first kappa shape index (κ1) is 21.6. The van der Waals surface area contributed by atoms with Gasteiger partial charge in [0.1, 0.15) is 30.8 Å². The third-order valence-corrected chi connectivity index (χ3v) is 5.00. The fourth-order valence-corrected chi connectivity index (χ4v) is 3.58. The van der Waals surface area contributed by atoms with Crippen molar-refractivity contribution in [2.45, 2.75) is 47.6 Å². The summed E-state index contributed by atoms with van der Waals surface area (Å²) < 4.78 is 11.6. The molecule has 0 amide bonds. The van der Waals surface area contributed by atoms with Gasteiger partial charge in [0.05, 0.1) is 0 Å². The van der Waals surface area contributed by atoms with Crippen molar-refractivity contribution in [1.29, 1.82) is 0 Å². The van der Waals surface area contributed by atoms with Crippen molar-refractivity contribution in [3.05, 3.63) is 56.6 Å². The summed E-state index contributed by atoms with van der Waals surface area (Å²) in [6, 6.07) is 3.80. The smallest absolute Gasteiger partial charge is 0.150 e. The number of benzene rings is 2. The number of hydrogen-bond acceptors (Lipinski definition) is 5. The Balaban J connectivity index is 2.08. The van der Waals surface area contributed by atoms with Gasteiger partial charge in [0, 0.05) is 22.3 Å². The van der Waals surface area contributed by atoms with E-state index < -0.39 is 6.10 Å². The first-order valence-electron chi connectivity index (χ1n) is 9.26. The molecule has 5 nitrogen and oxygen atoms in total. The van der Waals surface area contributed by atoms with Crippen LogP contribution in [-0.2, 0) is 0 Å². The third kappa shape index (κ3) is 4.42. The number of rotatable bonds is 8. The molecule has 0 radical (unpaired) electrons. The molecule has 0 saturated carbocycles. The summed E-state index contributed by atoms with van der Waals surface area (Å²) in [6.07, 6.45) is 0.785. The van der Waals surface area contributed by atoms with Crippen molar-refractivity contribution in [3.63, 3.8) is 0 Å². The minimum atomic E-state index is -0.862. The van der Waals surface area contributed by atoms with E-state index in [-0.39, 0.29) is 13.2 Å². The quantitative estimate of drug-likeness (QED) is 0.697. The van der Waals surface area contributed by atoms with E-state index in [0.717, 1.165) is 46.0 Å². The number of aldehydes is 2. The molecule has 0 saturated heterocycles. The lowest BCUT2D eigenvalue weighted by Gasteiger charge is -2.20. The van der Waals surface area contributed by atoms with Gasteiger partial charge in [0.2, 0.25) is 0 Å². The molecule has 2 aromatic carbocycles. The Labute approximate surface area is 166 Å². The Morgan fingerprint density at radius 2 is 1.11 bits per heavy atom. The Kier molecular flexibility index (Phi) is 6.97. The summed E-state index contributed by atoms with van der Waals surface area (Å²) in [5.74, 6) is 1.22. The van der Waals surface area contributed by atoms with Crippen LogP contribution in [0.4, 0.5) is 0 Å². The molecule has 0 aromatic heterocycles. The summed E-state index contributed by atoms with van der Waals surface area (Å²) in [4.78, 5) is 22.6. The second-order valence-electron chi connectivity index (χ2n) is 7.27. The van der Waals surface area contributed by atoms with Gasteiger partial charge in [-0.05, 0) is 63.8 Å². The minimum absolute atomic E-state index is 0.0353. The van der Waals surface area contributed by atoms with E-state index in [0.29, 0.717) is 22.6 Å². The van der Waals surface area contributed by atoms with Gasteiger partial charge in [0.15, 0.2) is 12.6 Å². The molecule has 0 spiro atoms. The SMILES string of the molecule is Cc1cc(C)c(OCC(O)COc2c(C)cc(C)c(C=O)c2C)c(C)c1C=O. The third-order valence-electron chi connectivity index (χ3n) is 5.00. The van der Waals surface area contributed by atoms with E-state index in [1.54, 1.807) is 0 Å². The molecule has 0 unspecified atom stereocenters. The first-order chi connectivity index (χ1) is 13.2. The highest BCUT2D eigenvalue weighted by atomic mass is 16.5. The summed E-state index contributed by atoms with van der Waals surface area (Å²) in [6.45, 7) is 11.3. The van der Waals surface area contributed by atoms with Crippen LogP contribution in [0.15, 0.2) is 12.1 Å². The minimum Gasteiger partial charge on any atom is -0.490 e. The highest BCUT2D eigenvalue weighted by Crippen LogP contribution is 2.29. The lowest BCUT2D eigenvalue weighted by atomic mass is 9.99. The fraction of sp³-hybridized carbons (Fsp3) is 0.391. The Bertz CT molecular complexity index is 825. The number of aryl methyl sites for hydroxylation is 4. The summed E-state index contributed by atoms with van der Waals surface area (Å²) in [5, 5.41) is 10.3. The van der Waals surface area contributed by atoms with E-state index in [2.05, 4.69) is 0 Å². The molecule has 28 heavy (non-hydrogen) atoms. The van der Waals surface area contributed by atoms with Gasteiger partial charge in [-0.2, -0.15) is 0 Å². The lowest BCUT2D eigenvalue weighted by Crippen LogP contribution is -2.26. The van der Waals surface area contributed by atoms with Crippen molar-refractivity contribution in [3.8, 4) is 11.5 Å². The molecule has 0 aliphatic rings. The van der Waals surface area contributed by atoms with E-state index in [4.69, 9.17) is 9.47 Å². The highest BCUT2D eigenvalue weighted by molar-refractivity contribution is 5.82. The van der Waals surface area contributed by atoms with Gasteiger partial charge in [-0.15, -0.1) is 0 Å². The van der Waals surface area contributed by atoms with Crippen molar-refractivity contribution in [2.24, 2.45) is 0 Å². The molecule has 0 bridgehead atoms. The van der Waals surface area contributed by atoms with Crippen LogP contribution >= 0.6 is 0 Å². The molecule has 0 aliphatic heterocycles. The summed E-state index contributed by atoms with van der Waals surface area (Å²) in [7, 11) is 0. The zero-order chi connectivity index (χ0) is 21.0. The molecule has 0 aliphatic carbocycles. The van der Waals surface area contributed by atoms with Crippen LogP contribution in [-0.4, -0.2) is 37.0 Å². The second kappa shape index (κ2) is 9.02. The molecule has 0 fully saturated rings. The standard InChI is InChI=1S/C23H28O5/c1-13-7-15(3)22(17(5)20(13)9-24)27-11-19(26)12-28-23-16(4)8-14(2)21(10-25)18(23)6/h7-10,19,26H,11-12H2,1-6H3. The van der Waals surface area contributed by atoms with Crippen LogP contribution in [0.25, 0.3) is 0 Å². The maximum absolute atomic E-state index is 11.3. The molecular formula is C23H28O5. The molecule has 2 rings (SSSR count). The first-order valence-corrected chi connectivity index (χ1v) is 9.26. The van der Waals surface area contributed by atoms with Crippen LogP contribution in [0, 0.1) is 41.5 Å². The van der Waals surface area contributed by atoms with Crippen LogP contribution < -0.4 is 9.47 Å². The number of aliphatic hydroxyl groups excluding tert-OH is 1. The molecule has 0 heterocycles. The van der Waals surface area contributed by atoms with Gasteiger partial charge in [-0.25, -0.2) is 0 Å². The number of ether oxygens (including phenoxy) is 2. The summed E-state index contributed by atoms with van der Waals surface area (Å²) >= 11 is 0. The van der Waals surface area contributed by atoms with Gasteiger partial charge in [-0.3, -0.25) is 9.59 Å². The van der Waals surface area contributed by atoms with Gasteiger partial charge >= 0.3 is 0 Å². The molecular weight excluding hydrogens is 356 g/mol. The number of carbonyl (C=O) groups excluding carboxylic acids is 2. The predicted molar refractivity (Wildman–Crippen MR) is 109 cm³/mol. The number of aliphatic hydroxyl groups is 1. The van der Waals surface area contributed by atoms with Crippen molar-refractivity contribution in [2.75, 3.05) is 13.2 Å². The predicted octanol–water partition coefficient (Wildman–Crippen LogP) is 3.98. The van der Waals surface area contributed by atoms with E-state index >= 15 is 0 Å². The average Bonchev–Trinajstić information content (AvgIpc) is 2.61. The summed E-state index contributed by atoms with van der Waals surface area (Å²) in [5.41, 5.74) is 6.37. The topological polar surface area (TPSA) is 72.8 Å². The van der Waals surface area contributed by atoms with Crippen molar-refractivity contribution >= 4 is 12.6 Å². The molecule has 1 N–H and O–H groups in total. The van der Waals surface area contributed by atoms with Crippen LogP contribution in [0.5, 0.6) is 11.5 Å². The Morgan fingerprint density at radius 3 is 1.43 bits per heavy atom. The largest absolute Gasteiger partial charge is 0.490 e. The Morgan fingerprint density at radius 1 is 0.750 bits per heavy atom. The average molecular weight is 384 g/mol. The monoisotopic (exact) mass is 384 g/mol. The van der Waals surface area contributed by atoms with Crippen molar-refractivity contribution in [1.82, 2.24) is 0 Å². The fourth-order valence-electron chi connectivity index (χ4n) is 3.58. The normalized spacial score (nSPS) is 10.9. The molecule has 0 atom stereocenters. The van der Waals surface area contributed by atoms with Crippen molar-refractivity contribution < 1.29 is 24.2 Å². The number of carbonyl (C=O) groups is 2. The Hall–Kier alpha value is -2.66. The highest BCUT2D eigenvalue weighted by Gasteiger charge is 2.16. The van der Waals surface area contributed by atoms with E-state index in [1.165, 1.54) is 0 Å². The van der Waals surface area contributed by atoms with Gasteiger partial charge in [0.25, 0.3) is 0 Å². The maximum Gasteiger partial charge on any atom is 0.150 e. The number of hydrogen-bond donors (Lipinski definition) is 1. The second-order valence-corrected chi connectivity index (χ2v) is 7.27. The zero-order valence-corrected chi connectivity index (χ0v) is 17.4. The van der Waals surface area contributed by atoms with Crippen LogP contribution in [0.3, 0.4) is 0 Å². The van der Waals surface area contributed by atoms with E-state index in [9.17, 15) is 14.7 Å². The van der Waals surface area contributed by atoms with Gasteiger partial charge in [-0.1, -0.05) is 12.1 Å². The van der Waals surface area contributed by atoms with Crippen LogP contribution in [0.2, 0.25) is 0 Å².